The van der Waals surface area contributed by atoms with Gasteiger partial charge in [-0.2, -0.15) is 0 Å². The van der Waals surface area contributed by atoms with Gasteiger partial charge in [-0.3, -0.25) is 9.59 Å². The number of rotatable bonds is 3. The molecule has 18 heavy (non-hydrogen) atoms. The van der Waals surface area contributed by atoms with Crippen molar-refractivity contribution in [2.75, 3.05) is 0 Å². The highest BCUT2D eigenvalue weighted by atomic mass is 16.1. The van der Waals surface area contributed by atoms with E-state index in [1.54, 1.807) is 19.2 Å². The van der Waals surface area contributed by atoms with Gasteiger partial charge in [-0.15, -0.1) is 0 Å². The second-order valence-electron chi connectivity index (χ2n) is 4.19. The van der Waals surface area contributed by atoms with Crippen molar-refractivity contribution in [2.24, 2.45) is 0 Å². The molecule has 0 aliphatic rings. The zero-order chi connectivity index (χ0) is 13.1. The van der Waals surface area contributed by atoms with Crippen LogP contribution in [0.2, 0.25) is 0 Å². The topological polar surface area (TPSA) is 49.9 Å². The number of aromatic nitrogens is 1. The zero-order valence-electron chi connectivity index (χ0n) is 10.5. The number of aryl methyl sites for hydroxylation is 1. The third-order valence-electron chi connectivity index (χ3n) is 3.00. The molecule has 0 atom stereocenters. The lowest BCUT2D eigenvalue weighted by molar-refractivity contribution is 0.0987. The Hall–Kier alpha value is -2.16. The molecule has 0 fully saturated rings. The Kier molecular flexibility index (Phi) is 3.42. The Bertz CT molecular complexity index is 641. The van der Waals surface area contributed by atoms with E-state index in [0.717, 1.165) is 11.1 Å². The Morgan fingerprint density at radius 3 is 2.56 bits per heavy atom. The Labute approximate surface area is 105 Å². The van der Waals surface area contributed by atoms with Crippen LogP contribution in [0.15, 0.2) is 41.3 Å². The molecule has 0 aliphatic heterocycles. The van der Waals surface area contributed by atoms with Gasteiger partial charge in [-0.25, -0.2) is 0 Å². The number of aromatic amines is 1. The Balaban J connectivity index is 2.73. The summed E-state index contributed by atoms with van der Waals surface area (Å²) in [7, 11) is 0. The van der Waals surface area contributed by atoms with Gasteiger partial charge in [-0.05, 0) is 29.7 Å². The second-order valence-corrected chi connectivity index (χ2v) is 4.19. The van der Waals surface area contributed by atoms with E-state index in [1.807, 2.05) is 31.2 Å². The summed E-state index contributed by atoms with van der Waals surface area (Å²) in [6, 6.07) is 9.52. The molecule has 3 heteroatoms. The summed E-state index contributed by atoms with van der Waals surface area (Å²) in [5, 5.41) is 0. The van der Waals surface area contributed by atoms with Crippen molar-refractivity contribution in [3.8, 4) is 11.1 Å². The van der Waals surface area contributed by atoms with Crippen LogP contribution in [0.25, 0.3) is 11.1 Å². The van der Waals surface area contributed by atoms with Crippen molar-refractivity contribution in [2.45, 2.75) is 20.3 Å². The van der Waals surface area contributed by atoms with E-state index >= 15 is 0 Å². The molecular weight excluding hydrogens is 226 g/mol. The third-order valence-corrected chi connectivity index (χ3v) is 3.00. The normalized spacial score (nSPS) is 10.3. The van der Waals surface area contributed by atoms with Crippen LogP contribution in [0.5, 0.6) is 0 Å². The highest BCUT2D eigenvalue weighted by molar-refractivity contribution is 6.02. The van der Waals surface area contributed by atoms with Gasteiger partial charge < -0.3 is 4.98 Å². The molecule has 0 unspecified atom stereocenters. The van der Waals surface area contributed by atoms with E-state index in [4.69, 9.17) is 0 Å². The summed E-state index contributed by atoms with van der Waals surface area (Å²) in [6.07, 6.45) is 1.91. The van der Waals surface area contributed by atoms with Gasteiger partial charge in [0.15, 0.2) is 5.78 Å². The highest BCUT2D eigenvalue weighted by Gasteiger charge is 2.16. The van der Waals surface area contributed by atoms with E-state index in [2.05, 4.69) is 4.98 Å². The van der Waals surface area contributed by atoms with Crippen LogP contribution in [0.3, 0.4) is 0 Å². The van der Waals surface area contributed by atoms with Gasteiger partial charge in [0.05, 0.1) is 5.56 Å². The van der Waals surface area contributed by atoms with Gasteiger partial charge in [0, 0.05) is 12.6 Å². The number of hydrogen-bond acceptors (Lipinski definition) is 2. The fourth-order valence-electron chi connectivity index (χ4n) is 2.03. The van der Waals surface area contributed by atoms with Crippen LogP contribution in [0, 0.1) is 6.92 Å². The molecule has 1 N–H and O–H groups in total. The van der Waals surface area contributed by atoms with Crippen molar-refractivity contribution in [1.82, 2.24) is 4.98 Å². The first-order chi connectivity index (χ1) is 8.65. The van der Waals surface area contributed by atoms with Crippen LogP contribution < -0.4 is 5.56 Å². The number of pyridine rings is 1. The molecule has 0 saturated carbocycles. The fourth-order valence-corrected chi connectivity index (χ4v) is 2.03. The van der Waals surface area contributed by atoms with Crippen molar-refractivity contribution in [1.29, 1.82) is 0 Å². The smallest absolute Gasteiger partial charge is 0.259 e. The predicted molar refractivity (Wildman–Crippen MR) is 71.9 cm³/mol. The number of nitrogens with one attached hydrogen (secondary N) is 1. The summed E-state index contributed by atoms with van der Waals surface area (Å²) in [5.74, 6) is -0.130. The second kappa shape index (κ2) is 5.00. The molecule has 1 heterocycles. The molecule has 2 rings (SSSR count). The lowest BCUT2D eigenvalue weighted by atomic mass is 9.95. The summed E-state index contributed by atoms with van der Waals surface area (Å²) in [5.41, 5.74) is 2.63. The van der Waals surface area contributed by atoms with Crippen molar-refractivity contribution < 1.29 is 4.79 Å². The number of carbonyl (C=O) groups is 1. The van der Waals surface area contributed by atoms with E-state index in [0.29, 0.717) is 12.0 Å². The van der Waals surface area contributed by atoms with Gasteiger partial charge in [-0.1, -0.05) is 31.2 Å². The maximum absolute atomic E-state index is 11.9. The van der Waals surface area contributed by atoms with Crippen molar-refractivity contribution in [3.05, 3.63) is 58.0 Å². The SMILES string of the molecule is CCC(=O)c1c(-c2ccccc2C)cc[nH]c1=O. The lowest BCUT2D eigenvalue weighted by Gasteiger charge is -2.09. The molecule has 0 bridgehead atoms. The van der Waals surface area contributed by atoms with Crippen molar-refractivity contribution in [3.63, 3.8) is 0 Å². The zero-order valence-corrected chi connectivity index (χ0v) is 10.5. The number of Topliss-reactive ketones (excluding diaryl/α,β-unsaturated/α-hetero) is 1. The largest absolute Gasteiger partial charge is 0.328 e. The monoisotopic (exact) mass is 241 g/mol. The molecule has 92 valence electrons. The lowest BCUT2D eigenvalue weighted by Crippen LogP contribution is -2.18. The average molecular weight is 241 g/mol. The minimum absolute atomic E-state index is 0.130. The van der Waals surface area contributed by atoms with Crippen LogP contribution in [-0.4, -0.2) is 10.8 Å². The fraction of sp³-hybridized carbons (Fsp3) is 0.200. The maximum Gasteiger partial charge on any atom is 0.259 e. The first-order valence-electron chi connectivity index (χ1n) is 5.96. The minimum Gasteiger partial charge on any atom is -0.328 e. The molecule has 1 aromatic heterocycles. The molecule has 3 nitrogen and oxygen atoms in total. The highest BCUT2D eigenvalue weighted by Crippen LogP contribution is 2.25. The first-order valence-corrected chi connectivity index (χ1v) is 5.96. The standard InChI is InChI=1S/C15H15NO2/c1-3-13(17)14-12(8-9-16-15(14)18)11-7-5-4-6-10(11)2/h4-9H,3H2,1-2H3,(H,16,18). The van der Waals surface area contributed by atoms with Gasteiger partial charge >= 0.3 is 0 Å². The summed E-state index contributed by atoms with van der Waals surface area (Å²) in [4.78, 5) is 26.3. The predicted octanol–water partition coefficient (Wildman–Crippen LogP) is 2.94. The van der Waals surface area contributed by atoms with Crippen LogP contribution in [0.1, 0.15) is 29.3 Å². The molecule has 0 amide bonds. The van der Waals surface area contributed by atoms with Gasteiger partial charge in [0.2, 0.25) is 0 Å². The molecule has 1 aromatic carbocycles. The average Bonchev–Trinajstić information content (AvgIpc) is 2.38. The minimum atomic E-state index is -0.317. The molecule has 0 radical (unpaired) electrons. The number of H-pyrrole nitrogens is 1. The van der Waals surface area contributed by atoms with Crippen molar-refractivity contribution >= 4 is 5.78 Å². The maximum atomic E-state index is 11.9. The number of hydrogen-bond donors (Lipinski definition) is 1. The van der Waals surface area contributed by atoms with E-state index in [1.165, 1.54) is 0 Å². The molecule has 0 saturated heterocycles. The van der Waals surface area contributed by atoms with E-state index < -0.39 is 0 Å². The third kappa shape index (κ3) is 2.12. The van der Waals surface area contributed by atoms with Crippen LogP contribution in [-0.2, 0) is 0 Å². The summed E-state index contributed by atoms with van der Waals surface area (Å²) in [6.45, 7) is 3.73. The molecular formula is C15H15NO2. The summed E-state index contributed by atoms with van der Waals surface area (Å²) >= 11 is 0. The quantitative estimate of drug-likeness (QED) is 0.840. The molecule has 0 spiro atoms. The Morgan fingerprint density at radius 1 is 1.17 bits per heavy atom. The molecule has 2 aromatic rings. The van der Waals surface area contributed by atoms with E-state index in [9.17, 15) is 9.59 Å². The number of carbonyl (C=O) groups excluding carboxylic acids is 1. The van der Waals surface area contributed by atoms with Gasteiger partial charge in [0.25, 0.3) is 5.56 Å². The first kappa shape index (κ1) is 12.3. The van der Waals surface area contributed by atoms with E-state index in [-0.39, 0.29) is 16.9 Å². The van der Waals surface area contributed by atoms with Crippen LogP contribution in [0.4, 0.5) is 0 Å². The Morgan fingerprint density at radius 2 is 1.89 bits per heavy atom. The summed E-state index contributed by atoms with van der Waals surface area (Å²) < 4.78 is 0. The molecule has 0 aliphatic carbocycles. The number of benzene rings is 1. The van der Waals surface area contributed by atoms with Gasteiger partial charge in [0.1, 0.15) is 0 Å². The number of ketones is 1. The van der Waals surface area contributed by atoms with Crippen LogP contribution >= 0.6 is 0 Å².